The van der Waals surface area contributed by atoms with Crippen LogP contribution in [0.1, 0.15) is 87.5 Å². The van der Waals surface area contributed by atoms with E-state index in [1.54, 1.807) is 0 Å². The highest BCUT2D eigenvalue weighted by Crippen LogP contribution is 2.23. The molecule has 0 saturated carbocycles. The summed E-state index contributed by atoms with van der Waals surface area (Å²) in [6.45, 7) is 8.22. The smallest absolute Gasteiger partial charge is 0.234 e. The largest absolute Gasteiger partial charge is 0.504 e. The molecule has 0 unspecified atom stereocenters. The molecular weight excluding hydrogens is 322 g/mol. The lowest BCUT2D eigenvalue weighted by Gasteiger charge is -2.12. The van der Waals surface area contributed by atoms with Crippen molar-refractivity contribution in [2.24, 2.45) is 0 Å². The van der Waals surface area contributed by atoms with E-state index in [0.29, 0.717) is 11.6 Å². The molecule has 0 aromatic carbocycles. The minimum atomic E-state index is 0.260. The topological polar surface area (TPSA) is 50.9 Å². The standard InChI is InChI=1S/C22H35N3O/c1-5-6-7-8-9-10-11-12-13-14-20-21(26)19(4)23-22(24-20)25-17(2)15-16-18(25)3/h15-16,26H,5-14H2,1-4H3. The van der Waals surface area contributed by atoms with Crippen molar-refractivity contribution in [3.05, 3.63) is 34.9 Å². The second-order valence-corrected chi connectivity index (χ2v) is 7.43. The molecule has 0 bridgehead atoms. The van der Waals surface area contributed by atoms with Gasteiger partial charge in [-0.2, -0.15) is 0 Å². The molecule has 0 aliphatic carbocycles. The monoisotopic (exact) mass is 357 g/mol. The molecule has 2 heterocycles. The molecular formula is C22H35N3O. The number of hydrogen-bond donors (Lipinski definition) is 1. The summed E-state index contributed by atoms with van der Waals surface area (Å²) < 4.78 is 2.05. The van der Waals surface area contributed by atoms with Gasteiger partial charge >= 0.3 is 0 Å². The highest BCUT2D eigenvalue weighted by molar-refractivity contribution is 5.36. The molecule has 2 aromatic heterocycles. The molecule has 0 aliphatic rings. The van der Waals surface area contributed by atoms with Gasteiger partial charge in [0.25, 0.3) is 0 Å². The van der Waals surface area contributed by atoms with Crippen LogP contribution in [0.5, 0.6) is 5.75 Å². The van der Waals surface area contributed by atoms with E-state index in [1.165, 1.54) is 51.4 Å². The van der Waals surface area contributed by atoms with Crippen LogP contribution in [0.3, 0.4) is 0 Å². The molecule has 0 spiro atoms. The van der Waals surface area contributed by atoms with Crippen LogP contribution >= 0.6 is 0 Å². The lowest BCUT2D eigenvalue weighted by atomic mass is 10.1. The highest BCUT2D eigenvalue weighted by Gasteiger charge is 2.14. The summed E-state index contributed by atoms with van der Waals surface area (Å²) >= 11 is 0. The second-order valence-electron chi connectivity index (χ2n) is 7.43. The van der Waals surface area contributed by atoms with E-state index in [0.717, 1.165) is 29.9 Å². The summed E-state index contributed by atoms with van der Waals surface area (Å²) in [5.74, 6) is 0.932. The Labute approximate surface area is 158 Å². The highest BCUT2D eigenvalue weighted by atomic mass is 16.3. The molecule has 0 amide bonds. The molecule has 0 radical (unpaired) electrons. The normalized spacial score (nSPS) is 11.2. The first-order valence-corrected chi connectivity index (χ1v) is 10.3. The number of nitrogens with zero attached hydrogens (tertiary/aromatic N) is 3. The van der Waals surface area contributed by atoms with Crippen molar-refractivity contribution in [1.29, 1.82) is 0 Å². The van der Waals surface area contributed by atoms with Crippen molar-refractivity contribution in [1.82, 2.24) is 14.5 Å². The zero-order chi connectivity index (χ0) is 18.9. The van der Waals surface area contributed by atoms with Crippen LogP contribution < -0.4 is 0 Å². The summed E-state index contributed by atoms with van der Waals surface area (Å²) in [7, 11) is 0. The molecule has 4 nitrogen and oxygen atoms in total. The van der Waals surface area contributed by atoms with Gasteiger partial charge in [0.15, 0.2) is 5.75 Å². The Bertz CT molecular complexity index is 671. The van der Waals surface area contributed by atoms with E-state index < -0.39 is 0 Å². The van der Waals surface area contributed by atoms with Crippen LogP contribution in [0, 0.1) is 20.8 Å². The molecule has 0 aliphatic heterocycles. The predicted octanol–water partition coefficient (Wildman–Crippen LogP) is 5.97. The van der Waals surface area contributed by atoms with Crippen molar-refractivity contribution < 1.29 is 5.11 Å². The van der Waals surface area contributed by atoms with Crippen LogP contribution in [0.15, 0.2) is 12.1 Å². The van der Waals surface area contributed by atoms with Gasteiger partial charge in [0, 0.05) is 11.4 Å². The first kappa shape index (κ1) is 20.5. The van der Waals surface area contributed by atoms with Crippen LogP contribution in [0.2, 0.25) is 0 Å². The number of rotatable bonds is 11. The zero-order valence-corrected chi connectivity index (χ0v) is 17.0. The van der Waals surface area contributed by atoms with Crippen molar-refractivity contribution in [2.75, 3.05) is 0 Å². The van der Waals surface area contributed by atoms with Crippen molar-refractivity contribution in [3.8, 4) is 11.7 Å². The van der Waals surface area contributed by atoms with Gasteiger partial charge in [-0.25, -0.2) is 9.97 Å². The van der Waals surface area contributed by atoms with Gasteiger partial charge in [-0.1, -0.05) is 58.3 Å². The van der Waals surface area contributed by atoms with Crippen LogP contribution in [0.25, 0.3) is 5.95 Å². The van der Waals surface area contributed by atoms with Crippen molar-refractivity contribution >= 4 is 0 Å². The molecule has 26 heavy (non-hydrogen) atoms. The second kappa shape index (κ2) is 10.3. The van der Waals surface area contributed by atoms with Crippen LogP contribution in [-0.2, 0) is 6.42 Å². The van der Waals surface area contributed by atoms with Crippen LogP contribution in [0.4, 0.5) is 0 Å². The Morgan fingerprint density at radius 2 is 1.35 bits per heavy atom. The maximum Gasteiger partial charge on any atom is 0.234 e. The molecule has 1 N–H and O–H groups in total. The van der Waals surface area contributed by atoms with Gasteiger partial charge in [0.05, 0.1) is 11.4 Å². The summed E-state index contributed by atoms with van der Waals surface area (Å²) in [6.07, 6.45) is 12.5. The van der Waals surface area contributed by atoms with Crippen molar-refractivity contribution in [2.45, 2.75) is 91.9 Å². The van der Waals surface area contributed by atoms with E-state index in [9.17, 15) is 5.11 Å². The summed E-state index contributed by atoms with van der Waals surface area (Å²) in [5.41, 5.74) is 3.67. The number of aromatic hydroxyl groups is 1. The number of aryl methyl sites for hydroxylation is 4. The predicted molar refractivity (Wildman–Crippen MR) is 108 cm³/mol. The Hall–Kier alpha value is -1.84. The third kappa shape index (κ3) is 5.58. The molecule has 144 valence electrons. The fourth-order valence-corrected chi connectivity index (χ4v) is 3.47. The van der Waals surface area contributed by atoms with Gasteiger partial charge < -0.3 is 5.11 Å². The van der Waals surface area contributed by atoms with E-state index in [2.05, 4.69) is 42.9 Å². The van der Waals surface area contributed by atoms with Crippen LogP contribution in [-0.4, -0.2) is 19.6 Å². The maximum absolute atomic E-state index is 10.3. The fraction of sp³-hybridized carbons (Fsp3) is 0.636. The molecule has 0 saturated heterocycles. The zero-order valence-electron chi connectivity index (χ0n) is 17.0. The summed E-state index contributed by atoms with van der Waals surface area (Å²) in [4.78, 5) is 9.16. The van der Waals surface area contributed by atoms with Crippen molar-refractivity contribution in [3.63, 3.8) is 0 Å². The minimum Gasteiger partial charge on any atom is -0.504 e. The molecule has 0 fully saturated rings. The van der Waals surface area contributed by atoms with E-state index in [-0.39, 0.29) is 5.75 Å². The molecule has 2 aromatic rings. The number of aromatic nitrogens is 3. The number of unbranched alkanes of at least 4 members (excludes halogenated alkanes) is 8. The van der Waals surface area contributed by atoms with Gasteiger partial charge in [-0.05, 0) is 45.7 Å². The first-order valence-electron chi connectivity index (χ1n) is 10.3. The summed E-state index contributed by atoms with van der Waals surface area (Å²) in [5, 5.41) is 10.3. The van der Waals surface area contributed by atoms with Gasteiger partial charge in [-0.15, -0.1) is 0 Å². The molecule has 0 atom stereocenters. The molecule has 2 rings (SSSR count). The van der Waals surface area contributed by atoms with Gasteiger partial charge in [-0.3, -0.25) is 4.57 Å². The Morgan fingerprint density at radius 1 is 0.808 bits per heavy atom. The average Bonchev–Trinajstić information content (AvgIpc) is 2.95. The maximum atomic E-state index is 10.3. The molecule has 4 heteroatoms. The van der Waals surface area contributed by atoms with E-state index in [4.69, 9.17) is 0 Å². The van der Waals surface area contributed by atoms with Gasteiger partial charge in [0.1, 0.15) is 0 Å². The Morgan fingerprint density at radius 3 is 1.92 bits per heavy atom. The Kier molecular flexibility index (Phi) is 8.14. The lowest BCUT2D eigenvalue weighted by molar-refractivity contribution is 0.452. The SMILES string of the molecule is CCCCCCCCCCCc1nc(-n2c(C)ccc2C)nc(C)c1O. The van der Waals surface area contributed by atoms with E-state index in [1.807, 2.05) is 11.5 Å². The minimum absolute atomic E-state index is 0.260. The lowest BCUT2D eigenvalue weighted by Crippen LogP contribution is -2.08. The quantitative estimate of drug-likeness (QED) is 0.504. The van der Waals surface area contributed by atoms with E-state index >= 15 is 0 Å². The fourth-order valence-electron chi connectivity index (χ4n) is 3.47. The third-order valence-corrected chi connectivity index (χ3v) is 5.11. The average molecular weight is 358 g/mol. The number of hydrogen-bond acceptors (Lipinski definition) is 3. The van der Waals surface area contributed by atoms with Gasteiger partial charge in [0.2, 0.25) is 5.95 Å². The summed E-state index contributed by atoms with van der Waals surface area (Å²) in [6, 6.07) is 4.14. The Balaban J connectivity index is 1.88. The first-order chi connectivity index (χ1) is 12.5. The third-order valence-electron chi connectivity index (χ3n) is 5.11.